The summed E-state index contributed by atoms with van der Waals surface area (Å²) in [5.41, 5.74) is -1.04. The Balaban J connectivity index is 2.88. The van der Waals surface area contributed by atoms with Crippen LogP contribution in [0.5, 0.6) is 0 Å². The maximum absolute atomic E-state index is 12.8. The zero-order valence-electron chi connectivity index (χ0n) is 10.2. The highest BCUT2D eigenvalue weighted by molar-refractivity contribution is 6.29. The molecule has 0 amide bonds. The molecular weight excluding hydrogens is 291 g/mol. The van der Waals surface area contributed by atoms with Gasteiger partial charge in [-0.2, -0.15) is 19.3 Å². The second-order valence-corrected chi connectivity index (χ2v) is 4.52. The smallest absolute Gasteiger partial charge is 0.244 e. The predicted octanol–water partition coefficient (Wildman–Crippen LogP) is 4.17. The minimum atomic E-state index is -2.43. The molecule has 0 saturated carbocycles. The molecule has 0 saturated heterocycles. The number of allylic oxidation sites excluding steroid dienone is 1. The second-order valence-electron chi connectivity index (χ2n) is 4.14. The van der Waals surface area contributed by atoms with Crippen LogP contribution in [0.1, 0.15) is 18.4 Å². The lowest BCUT2D eigenvalue weighted by Crippen LogP contribution is -2.20. The van der Waals surface area contributed by atoms with E-state index >= 15 is 0 Å². The Morgan fingerprint density at radius 3 is 2.35 bits per heavy atom. The van der Waals surface area contributed by atoms with Gasteiger partial charge in [0.05, 0.1) is 12.1 Å². The Morgan fingerprint density at radius 2 is 1.90 bits per heavy atom. The molecule has 0 aliphatic heterocycles. The van der Waals surface area contributed by atoms with E-state index in [2.05, 4.69) is 4.98 Å². The second kappa shape index (κ2) is 6.93. The van der Waals surface area contributed by atoms with Gasteiger partial charge in [0.2, 0.25) is 0 Å². The van der Waals surface area contributed by atoms with Gasteiger partial charge < -0.3 is 0 Å². The fourth-order valence-corrected chi connectivity index (χ4v) is 1.69. The predicted molar refractivity (Wildman–Crippen MR) is 66.2 cm³/mol. The fourth-order valence-electron chi connectivity index (χ4n) is 1.58. The molecule has 20 heavy (non-hydrogen) atoms. The van der Waals surface area contributed by atoms with Gasteiger partial charge in [-0.25, -0.2) is 9.37 Å². The molecule has 3 nitrogen and oxygen atoms in total. The molecule has 104 valence electrons. The van der Waals surface area contributed by atoms with Crippen molar-refractivity contribution in [3.8, 4) is 12.1 Å². The minimum absolute atomic E-state index is 0.0364. The van der Waals surface area contributed by atoms with E-state index in [-0.39, 0.29) is 18.0 Å². The first-order valence-electron chi connectivity index (χ1n) is 5.55. The summed E-state index contributed by atoms with van der Waals surface area (Å²) in [6.45, 7) is 0. The molecule has 0 spiro atoms. The number of aromatic nitrogens is 1. The van der Waals surface area contributed by atoms with Crippen LogP contribution in [0.25, 0.3) is 0 Å². The van der Waals surface area contributed by atoms with Crippen molar-refractivity contribution in [3.63, 3.8) is 0 Å². The first-order valence-corrected chi connectivity index (χ1v) is 5.93. The molecule has 1 heterocycles. The molecule has 1 aromatic rings. The number of halogens is 4. The van der Waals surface area contributed by atoms with Crippen LogP contribution in [-0.4, -0.2) is 4.98 Å². The van der Waals surface area contributed by atoms with E-state index in [1.165, 1.54) is 12.3 Å². The number of hydrogen-bond acceptors (Lipinski definition) is 3. The fraction of sp³-hybridized carbons (Fsp3) is 0.308. The molecule has 0 atom stereocenters. The third-order valence-corrected chi connectivity index (χ3v) is 2.92. The molecule has 0 bridgehead atoms. The molecule has 0 aromatic carbocycles. The van der Waals surface area contributed by atoms with Gasteiger partial charge in [-0.1, -0.05) is 17.7 Å². The molecule has 0 unspecified atom stereocenters. The molecule has 0 N–H and O–H groups in total. The molecular formula is C13H9ClF3N3. The van der Waals surface area contributed by atoms with Crippen LogP contribution >= 0.6 is 11.6 Å². The quantitative estimate of drug-likeness (QED) is 0.767. The van der Waals surface area contributed by atoms with E-state index in [0.29, 0.717) is 5.56 Å². The van der Waals surface area contributed by atoms with Crippen LogP contribution in [0.3, 0.4) is 0 Å². The average molecular weight is 300 g/mol. The number of nitrogens with zero attached hydrogens (tertiary/aromatic N) is 3. The summed E-state index contributed by atoms with van der Waals surface area (Å²) in [5.74, 6) is -1.60. The van der Waals surface area contributed by atoms with Gasteiger partial charge in [0.25, 0.3) is 0 Å². The Labute approximate surface area is 118 Å². The number of nitriles is 2. The summed E-state index contributed by atoms with van der Waals surface area (Å²) >= 11 is 5.61. The van der Waals surface area contributed by atoms with Crippen LogP contribution in [0, 0.1) is 28.1 Å². The SMILES string of the molecule is N#CC(C#N)(CCC(F)=C(F)F)Cc1ccc(Cl)nc1. The lowest BCUT2D eigenvalue weighted by Gasteiger charge is -2.17. The zero-order valence-corrected chi connectivity index (χ0v) is 11.0. The highest BCUT2D eigenvalue weighted by Gasteiger charge is 2.31. The highest BCUT2D eigenvalue weighted by Crippen LogP contribution is 2.30. The summed E-state index contributed by atoms with van der Waals surface area (Å²) in [7, 11) is 0. The molecule has 0 radical (unpaired) electrons. The van der Waals surface area contributed by atoms with Crippen molar-refractivity contribution >= 4 is 11.6 Å². The van der Waals surface area contributed by atoms with E-state index in [9.17, 15) is 13.2 Å². The summed E-state index contributed by atoms with van der Waals surface area (Å²) in [5, 5.41) is 18.4. The van der Waals surface area contributed by atoms with Gasteiger partial charge in [-0.05, 0) is 18.1 Å². The topological polar surface area (TPSA) is 60.5 Å². The molecule has 0 aliphatic rings. The average Bonchev–Trinajstić information content (AvgIpc) is 2.45. The Bertz CT molecular complexity index is 566. The van der Waals surface area contributed by atoms with Crippen LogP contribution in [0.15, 0.2) is 30.2 Å². The van der Waals surface area contributed by atoms with Crippen molar-refractivity contribution < 1.29 is 13.2 Å². The van der Waals surface area contributed by atoms with E-state index < -0.39 is 23.7 Å². The van der Waals surface area contributed by atoms with Crippen LogP contribution in [0.2, 0.25) is 5.15 Å². The third-order valence-electron chi connectivity index (χ3n) is 2.70. The lowest BCUT2D eigenvalue weighted by atomic mass is 9.80. The number of pyridine rings is 1. The maximum atomic E-state index is 12.8. The van der Waals surface area contributed by atoms with Gasteiger partial charge in [0.15, 0.2) is 5.83 Å². The van der Waals surface area contributed by atoms with Gasteiger partial charge in [-0.15, -0.1) is 0 Å². The van der Waals surface area contributed by atoms with Gasteiger partial charge in [0, 0.05) is 19.0 Å². The van der Waals surface area contributed by atoms with Crippen LogP contribution in [0.4, 0.5) is 13.2 Å². The van der Waals surface area contributed by atoms with Crippen molar-refractivity contribution in [3.05, 3.63) is 41.0 Å². The number of rotatable bonds is 5. The van der Waals surface area contributed by atoms with Crippen molar-refractivity contribution in [2.24, 2.45) is 5.41 Å². The summed E-state index contributed by atoms with van der Waals surface area (Å²) in [4.78, 5) is 3.80. The molecule has 1 rings (SSSR count). The third kappa shape index (κ3) is 4.25. The van der Waals surface area contributed by atoms with E-state index in [4.69, 9.17) is 22.1 Å². The van der Waals surface area contributed by atoms with Crippen molar-refractivity contribution in [1.29, 1.82) is 10.5 Å². The summed E-state index contributed by atoms with van der Waals surface area (Å²) in [6, 6.07) is 6.59. The standard InChI is InChI=1S/C13H9ClF3N3/c14-11-2-1-9(6-20-11)5-13(7-18,8-19)4-3-10(15)12(16)17/h1-2,6H,3-5H2. The normalized spacial score (nSPS) is 10.5. The largest absolute Gasteiger partial charge is 0.301 e. The Hall–Kier alpha value is -2.05. The van der Waals surface area contributed by atoms with Gasteiger partial charge in [-0.3, -0.25) is 0 Å². The van der Waals surface area contributed by atoms with E-state index in [1.54, 1.807) is 18.2 Å². The molecule has 0 aliphatic carbocycles. The molecule has 0 fully saturated rings. The van der Waals surface area contributed by atoms with Crippen LogP contribution in [-0.2, 0) is 6.42 Å². The van der Waals surface area contributed by atoms with Crippen LogP contribution < -0.4 is 0 Å². The van der Waals surface area contributed by atoms with Gasteiger partial charge in [0.1, 0.15) is 10.6 Å². The maximum Gasteiger partial charge on any atom is 0.301 e. The monoisotopic (exact) mass is 299 g/mol. The Kier molecular flexibility index (Phi) is 5.54. The minimum Gasteiger partial charge on any atom is -0.244 e. The van der Waals surface area contributed by atoms with Crippen molar-refractivity contribution in [2.75, 3.05) is 0 Å². The van der Waals surface area contributed by atoms with E-state index in [0.717, 1.165) is 0 Å². The molecule has 7 heteroatoms. The molecule has 1 aromatic heterocycles. The summed E-state index contributed by atoms with van der Waals surface area (Å²) < 4.78 is 36.8. The van der Waals surface area contributed by atoms with E-state index in [1.807, 2.05) is 0 Å². The van der Waals surface area contributed by atoms with Crippen molar-refractivity contribution in [2.45, 2.75) is 19.3 Å². The lowest BCUT2D eigenvalue weighted by molar-refractivity contribution is 0.355. The highest BCUT2D eigenvalue weighted by atomic mass is 35.5. The first kappa shape index (κ1) is 16.0. The summed E-state index contributed by atoms with van der Waals surface area (Å²) in [6.07, 6.45) is -2.07. The van der Waals surface area contributed by atoms with Gasteiger partial charge >= 0.3 is 6.08 Å². The Morgan fingerprint density at radius 1 is 1.25 bits per heavy atom. The van der Waals surface area contributed by atoms with Crippen molar-refractivity contribution in [1.82, 2.24) is 4.98 Å². The first-order chi connectivity index (χ1) is 9.42. The number of hydrogen-bond donors (Lipinski definition) is 0. The zero-order chi connectivity index (χ0) is 15.2.